The normalized spacial score (nSPS) is 19.8. The van der Waals surface area contributed by atoms with Gasteiger partial charge < -0.3 is 14.5 Å². The van der Waals surface area contributed by atoms with Gasteiger partial charge in [-0.2, -0.15) is 5.10 Å². The second-order valence-electron chi connectivity index (χ2n) is 7.53. The van der Waals surface area contributed by atoms with Crippen LogP contribution < -0.4 is 4.90 Å². The Hall–Kier alpha value is -2.15. The van der Waals surface area contributed by atoms with Crippen molar-refractivity contribution in [1.29, 1.82) is 0 Å². The van der Waals surface area contributed by atoms with Crippen molar-refractivity contribution < 1.29 is 9.53 Å². The Morgan fingerprint density at radius 3 is 2.62 bits per heavy atom. The molecule has 7 heteroatoms. The second-order valence-corrected chi connectivity index (χ2v) is 7.53. The number of fused-ring (bicyclic) bond motifs is 1. The lowest BCUT2D eigenvalue weighted by Gasteiger charge is -2.35. The maximum atomic E-state index is 12.7. The highest BCUT2D eigenvalue weighted by Gasteiger charge is 2.30. The van der Waals surface area contributed by atoms with Gasteiger partial charge in [0.2, 0.25) is 5.91 Å². The largest absolute Gasteiger partial charge is 0.381 e. The summed E-state index contributed by atoms with van der Waals surface area (Å²) in [6, 6.07) is 1.99. The molecule has 0 aliphatic carbocycles. The average Bonchev–Trinajstić information content (AvgIpc) is 3.16. The summed E-state index contributed by atoms with van der Waals surface area (Å²) < 4.78 is 7.29. The highest BCUT2D eigenvalue weighted by molar-refractivity contribution is 5.79. The Balaban J connectivity index is 1.46. The molecule has 1 amide bonds. The zero-order valence-electron chi connectivity index (χ0n) is 15.6. The summed E-state index contributed by atoms with van der Waals surface area (Å²) in [4.78, 5) is 21.7. The molecule has 0 radical (unpaired) electrons. The molecule has 4 rings (SSSR count). The van der Waals surface area contributed by atoms with E-state index in [1.807, 2.05) is 46.9 Å². The Morgan fingerprint density at radius 1 is 1.19 bits per heavy atom. The number of hydrogen-bond acceptors (Lipinski definition) is 5. The molecule has 2 saturated heterocycles. The highest BCUT2D eigenvalue weighted by Crippen LogP contribution is 2.30. The third kappa shape index (κ3) is 3.28. The number of ether oxygens (including phenoxy) is 1. The highest BCUT2D eigenvalue weighted by atomic mass is 16.5. The van der Waals surface area contributed by atoms with Gasteiger partial charge in [-0.15, -0.1) is 0 Å². The summed E-state index contributed by atoms with van der Waals surface area (Å²) in [5, 5.41) is 4.40. The minimum absolute atomic E-state index is 0.152. The lowest BCUT2D eigenvalue weighted by molar-refractivity contribution is -0.139. The fraction of sp³-hybridized carbons (Fsp3) is 0.632. The Morgan fingerprint density at radius 2 is 1.92 bits per heavy atom. The van der Waals surface area contributed by atoms with Crippen LogP contribution in [0.15, 0.2) is 18.5 Å². The molecule has 26 heavy (non-hydrogen) atoms. The maximum absolute atomic E-state index is 12.7. The van der Waals surface area contributed by atoms with Crippen molar-refractivity contribution in [2.45, 2.75) is 31.6 Å². The number of carbonyl (C=O) groups excluding carboxylic acids is 1. The van der Waals surface area contributed by atoms with Gasteiger partial charge >= 0.3 is 0 Å². The van der Waals surface area contributed by atoms with E-state index in [1.165, 1.54) is 0 Å². The molecule has 2 aromatic rings. The molecular formula is C19H27N5O2. The summed E-state index contributed by atoms with van der Waals surface area (Å²) in [5.74, 6) is 1.79. The number of hydrogen-bond donors (Lipinski definition) is 0. The number of nitrogens with zero attached hydrogens (tertiary/aromatic N) is 5. The van der Waals surface area contributed by atoms with Crippen molar-refractivity contribution >= 4 is 17.2 Å². The Kier molecular flexibility index (Phi) is 4.80. The second kappa shape index (κ2) is 7.23. The van der Waals surface area contributed by atoms with Crippen LogP contribution in [-0.4, -0.2) is 65.8 Å². The average molecular weight is 357 g/mol. The number of amides is 1. The molecule has 7 nitrogen and oxygen atoms in total. The fourth-order valence-corrected chi connectivity index (χ4v) is 4.05. The van der Waals surface area contributed by atoms with E-state index in [0.29, 0.717) is 25.0 Å². The van der Waals surface area contributed by atoms with E-state index in [4.69, 9.17) is 9.72 Å². The van der Waals surface area contributed by atoms with Crippen LogP contribution in [0.3, 0.4) is 0 Å². The molecule has 0 unspecified atom stereocenters. The van der Waals surface area contributed by atoms with Gasteiger partial charge in [-0.3, -0.25) is 4.79 Å². The number of carbonyl (C=O) groups is 1. The minimum Gasteiger partial charge on any atom is -0.381 e. The zero-order valence-corrected chi connectivity index (χ0v) is 15.6. The van der Waals surface area contributed by atoms with Crippen LogP contribution in [0.25, 0.3) is 5.52 Å². The summed E-state index contributed by atoms with van der Waals surface area (Å²) in [6.07, 6.45) is 7.50. The van der Waals surface area contributed by atoms with E-state index in [9.17, 15) is 4.79 Å². The van der Waals surface area contributed by atoms with Crippen LogP contribution in [0, 0.1) is 5.92 Å². The number of aromatic nitrogens is 3. The van der Waals surface area contributed by atoms with Crippen molar-refractivity contribution in [3.8, 4) is 0 Å². The first kappa shape index (κ1) is 17.3. The quantitative estimate of drug-likeness (QED) is 0.840. The standard InChI is InChI=1S/C19H27N5O2/c1-22(2)18-17-3-8-20-24(17)13-16(21-18)14-4-9-23(10-5-14)19(25)15-6-11-26-12-7-15/h3,8,13-15H,4-7,9-12H2,1-2H3. The van der Waals surface area contributed by atoms with Crippen LogP contribution in [0.2, 0.25) is 0 Å². The van der Waals surface area contributed by atoms with Gasteiger partial charge in [0.1, 0.15) is 5.52 Å². The third-order valence-corrected chi connectivity index (χ3v) is 5.61. The first-order valence-corrected chi connectivity index (χ1v) is 9.51. The molecule has 0 aromatic carbocycles. The molecule has 0 N–H and O–H groups in total. The van der Waals surface area contributed by atoms with E-state index in [-0.39, 0.29) is 5.92 Å². The van der Waals surface area contributed by atoms with Crippen molar-refractivity contribution in [2.24, 2.45) is 5.92 Å². The molecule has 4 heterocycles. The lowest BCUT2D eigenvalue weighted by Crippen LogP contribution is -2.42. The van der Waals surface area contributed by atoms with Crippen LogP contribution in [0.5, 0.6) is 0 Å². The number of piperidine rings is 1. The summed E-state index contributed by atoms with van der Waals surface area (Å²) in [7, 11) is 4.02. The van der Waals surface area contributed by atoms with Gasteiger partial charge in [0.15, 0.2) is 5.82 Å². The Bertz CT molecular complexity index is 773. The summed E-state index contributed by atoms with van der Waals surface area (Å²) >= 11 is 0. The topological polar surface area (TPSA) is 63.0 Å². The molecular weight excluding hydrogens is 330 g/mol. The SMILES string of the molecule is CN(C)c1nc(C2CCN(C(=O)C3CCOCC3)CC2)cn2nccc12. The predicted molar refractivity (Wildman–Crippen MR) is 99.4 cm³/mol. The molecule has 0 spiro atoms. The zero-order chi connectivity index (χ0) is 18.1. The van der Waals surface area contributed by atoms with Crippen molar-refractivity contribution in [3.63, 3.8) is 0 Å². The molecule has 0 saturated carbocycles. The van der Waals surface area contributed by atoms with E-state index >= 15 is 0 Å². The third-order valence-electron chi connectivity index (χ3n) is 5.61. The van der Waals surface area contributed by atoms with Crippen LogP contribution in [-0.2, 0) is 9.53 Å². The van der Waals surface area contributed by atoms with Gasteiger partial charge in [0.05, 0.1) is 18.1 Å². The van der Waals surface area contributed by atoms with Crippen molar-refractivity contribution in [1.82, 2.24) is 19.5 Å². The van der Waals surface area contributed by atoms with E-state index < -0.39 is 0 Å². The summed E-state index contributed by atoms with van der Waals surface area (Å²) in [5.41, 5.74) is 2.09. The molecule has 2 aliphatic heterocycles. The first-order valence-electron chi connectivity index (χ1n) is 9.51. The minimum atomic E-state index is 0.152. The first-order chi connectivity index (χ1) is 12.6. The lowest BCUT2D eigenvalue weighted by atomic mass is 9.91. The van der Waals surface area contributed by atoms with Gasteiger partial charge in [-0.1, -0.05) is 0 Å². The van der Waals surface area contributed by atoms with E-state index in [1.54, 1.807) is 0 Å². The van der Waals surface area contributed by atoms with Crippen LogP contribution >= 0.6 is 0 Å². The fourth-order valence-electron chi connectivity index (χ4n) is 4.05. The van der Waals surface area contributed by atoms with E-state index in [2.05, 4.69) is 5.10 Å². The van der Waals surface area contributed by atoms with Gasteiger partial charge in [-0.25, -0.2) is 9.50 Å². The van der Waals surface area contributed by atoms with Gasteiger partial charge in [0.25, 0.3) is 0 Å². The van der Waals surface area contributed by atoms with E-state index in [0.717, 1.165) is 55.8 Å². The molecule has 0 bridgehead atoms. The van der Waals surface area contributed by atoms with Crippen LogP contribution in [0.4, 0.5) is 5.82 Å². The number of likely N-dealkylation sites (tertiary alicyclic amines) is 1. The van der Waals surface area contributed by atoms with Crippen molar-refractivity contribution in [3.05, 3.63) is 24.2 Å². The number of anilines is 1. The van der Waals surface area contributed by atoms with Gasteiger partial charge in [-0.05, 0) is 31.7 Å². The van der Waals surface area contributed by atoms with Crippen LogP contribution in [0.1, 0.15) is 37.3 Å². The molecule has 2 fully saturated rings. The molecule has 140 valence electrons. The monoisotopic (exact) mass is 357 g/mol. The molecule has 2 aliphatic rings. The predicted octanol–water partition coefficient (Wildman–Crippen LogP) is 1.93. The maximum Gasteiger partial charge on any atom is 0.225 e. The van der Waals surface area contributed by atoms with Crippen molar-refractivity contribution in [2.75, 3.05) is 45.3 Å². The Labute approximate surface area is 153 Å². The van der Waals surface area contributed by atoms with Gasteiger partial charge in [0, 0.05) is 52.2 Å². The smallest absolute Gasteiger partial charge is 0.225 e. The molecule has 0 atom stereocenters. The summed E-state index contributed by atoms with van der Waals surface area (Å²) in [6.45, 7) is 3.07. The number of rotatable bonds is 3. The molecule has 2 aromatic heterocycles.